The first-order valence-corrected chi connectivity index (χ1v) is 8.78. The van der Waals surface area contributed by atoms with E-state index in [9.17, 15) is 0 Å². The van der Waals surface area contributed by atoms with Gasteiger partial charge in [-0.1, -0.05) is 18.2 Å². The summed E-state index contributed by atoms with van der Waals surface area (Å²) in [5, 5.41) is 5.66. The van der Waals surface area contributed by atoms with Crippen LogP contribution in [-0.2, 0) is 13.0 Å². The van der Waals surface area contributed by atoms with Crippen LogP contribution in [0, 0.1) is 6.92 Å². The third-order valence-electron chi connectivity index (χ3n) is 3.73. The lowest BCUT2D eigenvalue weighted by Gasteiger charge is -2.20. The topological polar surface area (TPSA) is 53.7 Å². The zero-order chi connectivity index (χ0) is 16.9. The Labute approximate surface area is 169 Å². The molecule has 2 aromatic heterocycles. The van der Waals surface area contributed by atoms with Crippen LogP contribution < -0.4 is 5.32 Å². The van der Waals surface area contributed by atoms with Gasteiger partial charge >= 0.3 is 0 Å². The number of aryl methyl sites for hydroxylation is 1. The smallest absolute Gasteiger partial charge is 0.193 e. The molecule has 1 aromatic carbocycles. The fourth-order valence-electron chi connectivity index (χ4n) is 2.61. The van der Waals surface area contributed by atoms with Crippen molar-refractivity contribution in [2.24, 2.45) is 4.99 Å². The minimum absolute atomic E-state index is 0. The van der Waals surface area contributed by atoms with Crippen molar-refractivity contribution in [3.8, 4) is 0 Å². The number of para-hydroxylation sites is 1. The first-order chi connectivity index (χ1) is 11.7. The third kappa shape index (κ3) is 5.18. The van der Waals surface area contributed by atoms with Crippen LogP contribution in [0.4, 0.5) is 0 Å². The van der Waals surface area contributed by atoms with E-state index in [0.717, 1.165) is 40.7 Å². The number of thiazole rings is 1. The lowest BCUT2D eigenvalue weighted by atomic mass is 10.2. The molecular weight excluding hydrogens is 447 g/mol. The van der Waals surface area contributed by atoms with Crippen molar-refractivity contribution in [1.82, 2.24) is 15.2 Å². The molecular formula is C18H23IN4OS. The second-order valence-corrected chi connectivity index (χ2v) is 7.01. The number of halogens is 1. The van der Waals surface area contributed by atoms with Crippen LogP contribution >= 0.6 is 35.3 Å². The molecule has 7 heteroatoms. The van der Waals surface area contributed by atoms with Crippen molar-refractivity contribution in [2.75, 3.05) is 20.6 Å². The number of benzene rings is 1. The monoisotopic (exact) mass is 470 g/mol. The number of rotatable bonds is 5. The molecule has 2 heterocycles. The highest BCUT2D eigenvalue weighted by Gasteiger charge is 2.10. The molecule has 0 unspecified atom stereocenters. The van der Waals surface area contributed by atoms with Crippen molar-refractivity contribution in [2.45, 2.75) is 19.9 Å². The van der Waals surface area contributed by atoms with E-state index in [1.807, 2.05) is 31.4 Å². The first-order valence-electron chi connectivity index (χ1n) is 7.96. The van der Waals surface area contributed by atoms with Crippen LogP contribution in [0.1, 0.15) is 15.6 Å². The van der Waals surface area contributed by atoms with Gasteiger partial charge in [0.1, 0.15) is 11.3 Å². The Kier molecular flexibility index (Phi) is 7.24. The van der Waals surface area contributed by atoms with Crippen LogP contribution in [0.3, 0.4) is 0 Å². The number of hydrogen-bond acceptors (Lipinski definition) is 4. The van der Waals surface area contributed by atoms with Gasteiger partial charge in [-0.2, -0.15) is 0 Å². The Balaban J connectivity index is 0.00000225. The Morgan fingerprint density at radius 3 is 2.84 bits per heavy atom. The summed E-state index contributed by atoms with van der Waals surface area (Å²) in [7, 11) is 3.81. The molecule has 0 aliphatic carbocycles. The molecule has 0 spiro atoms. The molecule has 3 aromatic rings. The number of nitrogens with one attached hydrogen (secondary N) is 1. The fourth-order valence-corrected chi connectivity index (χ4v) is 3.39. The van der Waals surface area contributed by atoms with E-state index in [0.29, 0.717) is 6.54 Å². The van der Waals surface area contributed by atoms with Gasteiger partial charge in [-0.15, -0.1) is 35.3 Å². The standard InChI is InChI=1S/C18H22N4OS.HI/c1-13-11-21-17(24-13)8-9-20-18(19-2)22(3)12-15-10-14-6-4-5-7-16(14)23-15;/h4-7,10-11H,8-9,12H2,1-3H3,(H,19,20);1H. The van der Waals surface area contributed by atoms with Crippen molar-refractivity contribution in [3.05, 3.63) is 52.2 Å². The van der Waals surface area contributed by atoms with Gasteiger partial charge in [0.2, 0.25) is 0 Å². The summed E-state index contributed by atoms with van der Waals surface area (Å²) in [5.74, 6) is 1.78. The normalized spacial score (nSPS) is 11.4. The van der Waals surface area contributed by atoms with E-state index in [-0.39, 0.29) is 24.0 Å². The maximum atomic E-state index is 5.88. The highest BCUT2D eigenvalue weighted by molar-refractivity contribution is 14.0. The first kappa shape index (κ1) is 19.7. The molecule has 0 aliphatic rings. The lowest BCUT2D eigenvalue weighted by molar-refractivity contribution is 0.413. The summed E-state index contributed by atoms with van der Waals surface area (Å²) in [6.07, 6.45) is 2.82. The van der Waals surface area contributed by atoms with Crippen LogP contribution in [0.2, 0.25) is 0 Å². The predicted octanol–water partition coefficient (Wildman–Crippen LogP) is 4.07. The van der Waals surface area contributed by atoms with E-state index in [1.165, 1.54) is 4.88 Å². The van der Waals surface area contributed by atoms with Gasteiger partial charge in [-0.25, -0.2) is 4.98 Å². The molecule has 0 amide bonds. The Morgan fingerprint density at radius 2 is 2.16 bits per heavy atom. The molecule has 0 saturated heterocycles. The van der Waals surface area contributed by atoms with E-state index in [4.69, 9.17) is 4.42 Å². The summed E-state index contributed by atoms with van der Waals surface area (Å²) in [6, 6.07) is 10.1. The Morgan fingerprint density at radius 1 is 1.36 bits per heavy atom. The number of aromatic nitrogens is 1. The minimum Gasteiger partial charge on any atom is -0.459 e. The van der Waals surface area contributed by atoms with Gasteiger partial charge in [0.25, 0.3) is 0 Å². The molecule has 0 bridgehead atoms. The van der Waals surface area contributed by atoms with Gasteiger partial charge in [0.15, 0.2) is 5.96 Å². The molecule has 0 fully saturated rings. The molecule has 5 nitrogen and oxygen atoms in total. The highest BCUT2D eigenvalue weighted by Crippen LogP contribution is 2.19. The molecule has 0 saturated carbocycles. The van der Waals surface area contributed by atoms with E-state index >= 15 is 0 Å². The second-order valence-electron chi connectivity index (χ2n) is 5.70. The number of fused-ring (bicyclic) bond motifs is 1. The van der Waals surface area contributed by atoms with Gasteiger partial charge in [-0.3, -0.25) is 4.99 Å². The summed E-state index contributed by atoms with van der Waals surface area (Å²) in [4.78, 5) is 12.0. The lowest BCUT2D eigenvalue weighted by Crippen LogP contribution is -2.39. The molecule has 1 N–H and O–H groups in total. The average molecular weight is 470 g/mol. The van der Waals surface area contributed by atoms with Crippen molar-refractivity contribution >= 4 is 52.2 Å². The molecule has 0 radical (unpaired) electrons. The van der Waals surface area contributed by atoms with Gasteiger partial charge in [0, 0.05) is 43.5 Å². The summed E-state index contributed by atoms with van der Waals surface area (Å²) in [5.41, 5.74) is 0.919. The van der Waals surface area contributed by atoms with Gasteiger partial charge < -0.3 is 14.6 Å². The van der Waals surface area contributed by atoms with E-state index < -0.39 is 0 Å². The number of guanidine groups is 1. The number of hydrogen-bond donors (Lipinski definition) is 1. The molecule has 3 rings (SSSR count). The highest BCUT2D eigenvalue weighted by atomic mass is 127. The molecule has 0 atom stereocenters. The van der Waals surface area contributed by atoms with E-state index in [2.05, 4.69) is 39.2 Å². The summed E-state index contributed by atoms with van der Waals surface area (Å²) >= 11 is 1.74. The Bertz CT molecular complexity index is 809. The number of nitrogens with zero attached hydrogens (tertiary/aromatic N) is 3. The zero-order valence-electron chi connectivity index (χ0n) is 14.7. The summed E-state index contributed by atoms with van der Waals surface area (Å²) in [6.45, 7) is 3.56. The zero-order valence-corrected chi connectivity index (χ0v) is 17.8. The van der Waals surface area contributed by atoms with Crippen molar-refractivity contribution in [3.63, 3.8) is 0 Å². The SMILES string of the molecule is CN=C(NCCc1ncc(C)s1)N(C)Cc1cc2ccccc2o1.I. The van der Waals surface area contributed by atoms with Gasteiger partial charge in [0.05, 0.1) is 11.6 Å². The van der Waals surface area contributed by atoms with E-state index in [1.54, 1.807) is 18.4 Å². The van der Waals surface area contributed by atoms with Crippen LogP contribution in [-0.4, -0.2) is 36.5 Å². The molecule has 25 heavy (non-hydrogen) atoms. The molecule has 0 aliphatic heterocycles. The summed E-state index contributed by atoms with van der Waals surface area (Å²) < 4.78 is 5.88. The number of furan rings is 1. The maximum absolute atomic E-state index is 5.88. The average Bonchev–Trinajstić information content (AvgIpc) is 3.16. The van der Waals surface area contributed by atoms with Crippen molar-refractivity contribution < 1.29 is 4.42 Å². The maximum Gasteiger partial charge on any atom is 0.193 e. The third-order valence-corrected chi connectivity index (χ3v) is 4.71. The van der Waals surface area contributed by atoms with Crippen LogP contribution in [0.15, 0.2) is 45.9 Å². The van der Waals surface area contributed by atoms with Gasteiger partial charge in [-0.05, 0) is 19.1 Å². The number of aliphatic imine (C=N–C) groups is 1. The van der Waals surface area contributed by atoms with Crippen molar-refractivity contribution in [1.29, 1.82) is 0 Å². The predicted molar refractivity (Wildman–Crippen MR) is 115 cm³/mol. The van der Waals surface area contributed by atoms with Crippen LogP contribution in [0.5, 0.6) is 0 Å². The second kappa shape index (κ2) is 9.19. The van der Waals surface area contributed by atoms with Crippen LogP contribution in [0.25, 0.3) is 11.0 Å². The molecule has 134 valence electrons. The largest absolute Gasteiger partial charge is 0.459 e. The quantitative estimate of drug-likeness (QED) is 0.347. The fraction of sp³-hybridized carbons (Fsp3) is 0.333. The Hall–Kier alpha value is -1.61. The minimum atomic E-state index is 0.